The number of nitrogen functional groups attached to an aromatic ring is 1. The van der Waals surface area contributed by atoms with Gasteiger partial charge in [0.25, 0.3) is 0 Å². The molecule has 3 nitrogen and oxygen atoms in total. The van der Waals surface area contributed by atoms with E-state index in [0.717, 1.165) is 11.1 Å². The second-order valence-corrected chi connectivity index (χ2v) is 5.22. The number of amides is 1. The minimum Gasteiger partial charge on any atom is -0.399 e. The molecule has 21 heavy (non-hydrogen) atoms. The number of anilines is 1. The molecule has 0 heterocycles. The molecule has 0 spiro atoms. The Labute approximate surface area is 129 Å². The van der Waals surface area contributed by atoms with Gasteiger partial charge in [-0.1, -0.05) is 35.9 Å². The third kappa shape index (κ3) is 4.65. The van der Waals surface area contributed by atoms with Gasteiger partial charge in [0.2, 0.25) is 5.91 Å². The lowest BCUT2D eigenvalue weighted by Gasteiger charge is -2.12. The highest BCUT2D eigenvalue weighted by Crippen LogP contribution is 2.16. The summed E-state index contributed by atoms with van der Waals surface area (Å²) in [5.74, 6) is -0.153. The summed E-state index contributed by atoms with van der Waals surface area (Å²) in [6.45, 7) is 1.93. The first-order valence-corrected chi connectivity index (χ1v) is 7.02. The minimum atomic E-state index is -0.153. The van der Waals surface area contributed by atoms with Crippen LogP contribution in [-0.4, -0.2) is 5.91 Å². The molecule has 0 radical (unpaired) electrons. The van der Waals surface area contributed by atoms with Crippen LogP contribution in [0.2, 0.25) is 5.02 Å². The highest BCUT2D eigenvalue weighted by atomic mass is 35.5. The number of benzene rings is 2. The van der Waals surface area contributed by atoms with Crippen molar-refractivity contribution in [2.45, 2.75) is 13.0 Å². The number of nitrogens with one attached hydrogen (secondary N) is 1. The van der Waals surface area contributed by atoms with Crippen molar-refractivity contribution in [3.8, 4) is 0 Å². The Morgan fingerprint density at radius 1 is 1.24 bits per heavy atom. The Bertz CT molecular complexity index is 650. The molecule has 0 aromatic heterocycles. The van der Waals surface area contributed by atoms with Crippen LogP contribution in [0.15, 0.2) is 54.6 Å². The van der Waals surface area contributed by atoms with E-state index >= 15 is 0 Å². The van der Waals surface area contributed by atoms with Crippen LogP contribution >= 0.6 is 11.6 Å². The Morgan fingerprint density at radius 3 is 2.62 bits per heavy atom. The van der Waals surface area contributed by atoms with Gasteiger partial charge in [0, 0.05) is 16.8 Å². The monoisotopic (exact) mass is 300 g/mol. The van der Waals surface area contributed by atoms with E-state index in [2.05, 4.69) is 5.32 Å². The van der Waals surface area contributed by atoms with Crippen molar-refractivity contribution in [1.82, 2.24) is 5.32 Å². The number of nitrogens with two attached hydrogens (primary N) is 1. The highest BCUT2D eigenvalue weighted by Gasteiger charge is 2.07. The number of hydrogen-bond acceptors (Lipinski definition) is 2. The van der Waals surface area contributed by atoms with Gasteiger partial charge in [-0.3, -0.25) is 4.79 Å². The third-order valence-electron chi connectivity index (χ3n) is 3.07. The van der Waals surface area contributed by atoms with Crippen molar-refractivity contribution >= 4 is 29.3 Å². The smallest absolute Gasteiger partial charge is 0.244 e. The molecule has 0 fully saturated rings. The van der Waals surface area contributed by atoms with Crippen LogP contribution in [0.5, 0.6) is 0 Å². The molecule has 0 saturated carbocycles. The number of hydrogen-bond donors (Lipinski definition) is 2. The average Bonchev–Trinajstić information content (AvgIpc) is 2.46. The summed E-state index contributed by atoms with van der Waals surface area (Å²) in [4.78, 5) is 11.9. The molecule has 0 aliphatic heterocycles. The van der Waals surface area contributed by atoms with E-state index < -0.39 is 0 Å². The van der Waals surface area contributed by atoms with E-state index in [-0.39, 0.29) is 11.9 Å². The van der Waals surface area contributed by atoms with Crippen molar-refractivity contribution in [1.29, 1.82) is 0 Å². The first-order valence-electron chi connectivity index (χ1n) is 6.64. The first-order chi connectivity index (χ1) is 10.0. The van der Waals surface area contributed by atoms with Gasteiger partial charge in [-0.05, 0) is 48.4 Å². The lowest BCUT2D eigenvalue weighted by molar-refractivity contribution is -0.117. The Morgan fingerprint density at radius 2 is 1.95 bits per heavy atom. The summed E-state index contributed by atoms with van der Waals surface area (Å²) in [6.07, 6.45) is 3.24. The lowest BCUT2D eigenvalue weighted by Crippen LogP contribution is -2.24. The Kier molecular flexibility index (Phi) is 5.01. The summed E-state index contributed by atoms with van der Waals surface area (Å²) >= 11 is 5.84. The molecule has 0 aliphatic rings. The Hall–Kier alpha value is -2.26. The van der Waals surface area contributed by atoms with Crippen molar-refractivity contribution < 1.29 is 4.79 Å². The predicted octanol–water partition coefficient (Wildman–Crippen LogP) is 3.81. The van der Waals surface area contributed by atoms with Crippen molar-refractivity contribution in [3.63, 3.8) is 0 Å². The number of halogens is 1. The fourth-order valence-electron chi connectivity index (χ4n) is 1.93. The van der Waals surface area contributed by atoms with E-state index in [0.29, 0.717) is 10.7 Å². The van der Waals surface area contributed by atoms with Crippen LogP contribution in [0.1, 0.15) is 24.1 Å². The number of carbonyl (C=O) groups is 1. The quantitative estimate of drug-likeness (QED) is 0.666. The van der Waals surface area contributed by atoms with Crippen LogP contribution in [0.3, 0.4) is 0 Å². The van der Waals surface area contributed by atoms with E-state index in [4.69, 9.17) is 17.3 Å². The molecule has 108 valence electrons. The van der Waals surface area contributed by atoms with E-state index in [1.54, 1.807) is 12.1 Å². The van der Waals surface area contributed by atoms with Crippen molar-refractivity contribution in [3.05, 3.63) is 70.8 Å². The van der Waals surface area contributed by atoms with Gasteiger partial charge in [-0.15, -0.1) is 0 Å². The van der Waals surface area contributed by atoms with Gasteiger partial charge in [0.05, 0.1) is 6.04 Å². The van der Waals surface area contributed by atoms with Gasteiger partial charge in [0.15, 0.2) is 0 Å². The Balaban J connectivity index is 1.96. The zero-order chi connectivity index (χ0) is 15.2. The maximum absolute atomic E-state index is 11.9. The third-order valence-corrected chi connectivity index (χ3v) is 3.32. The summed E-state index contributed by atoms with van der Waals surface area (Å²) < 4.78 is 0. The zero-order valence-corrected chi connectivity index (χ0v) is 12.5. The second kappa shape index (κ2) is 6.95. The van der Waals surface area contributed by atoms with Crippen LogP contribution in [0.4, 0.5) is 5.69 Å². The maximum Gasteiger partial charge on any atom is 0.244 e. The van der Waals surface area contributed by atoms with E-state index in [1.165, 1.54) is 6.08 Å². The topological polar surface area (TPSA) is 55.1 Å². The first kappa shape index (κ1) is 15.1. The molecule has 0 bridgehead atoms. The molecule has 0 saturated heterocycles. The van der Waals surface area contributed by atoms with Gasteiger partial charge < -0.3 is 11.1 Å². The molecule has 4 heteroatoms. The molecule has 2 aromatic carbocycles. The largest absolute Gasteiger partial charge is 0.399 e. The molecule has 2 rings (SSSR count). The lowest BCUT2D eigenvalue weighted by atomic mass is 10.1. The normalized spacial score (nSPS) is 12.3. The van der Waals surface area contributed by atoms with Crippen molar-refractivity contribution in [2.75, 3.05) is 5.73 Å². The predicted molar refractivity (Wildman–Crippen MR) is 87.9 cm³/mol. The molecular formula is C17H17ClN2O. The summed E-state index contributed by atoms with van der Waals surface area (Å²) in [5.41, 5.74) is 8.26. The van der Waals surface area contributed by atoms with Gasteiger partial charge in [-0.25, -0.2) is 0 Å². The van der Waals surface area contributed by atoms with Crippen LogP contribution in [0.25, 0.3) is 6.08 Å². The van der Waals surface area contributed by atoms with E-state index in [1.807, 2.05) is 49.4 Å². The SMILES string of the molecule is C[C@H](NC(=O)/C=C/c1cccc(N)c1)c1ccc(Cl)cc1. The minimum absolute atomic E-state index is 0.0831. The van der Waals surface area contributed by atoms with Crippen LogP contribution < -0.4 is 11.1 Å². The number of rotatable bonds is 4. The van der Waals surface area contributed by atoms with Crippen LogP contribution in [-0.2, 0) is 4.79 Å². The fraction of sp³-hybridized carbons (Fsp3) is 0.118. The summed E-state index contributed by atoms with van der Waals surface area (Å²) in [6, 6.07) is 14.7. The molecule has 0 unspecified atom stereocenters. The van der Waals surface area contributed by atoms with Gasteiger partial charge in [0.1, 0.15) is 0 Å². The fourth-order valence-corrected chi connectivity index (χ4v) is 2.06. The van der Waals surface area contributed by atoms with Gasteiger partial charge in [-0.2, -0.15) is 0 Å². The van der Waals surface area contributed by atoms with Crippen molar-refractivity contribution in [2.24, 2.45) is 0 Å². The van der Waals surface area contributed by atoms with Gasteiger partial charge >= 0.3 is 0 Å². The standard InChI is InChI=1S/C17H17ClN2O/c1-12(14-6-8-15(18)9-7-14)20-17(21)10-5-13-3-2-4-16(19)11-13/h2-12H,19H2,1H3,(H,20,21)/b10-5+/t12-/m0/s1. The molecule has 0 aliphatic carbocycles. The average molecular weight is 301 g/mol. The number of carbonyl (C=O) groups excluding carboxylic acids is 1. The zero-order valence-electron chi connectivity index (χ0n) is 11.7. The molecule has 1 atom stereocenters. The molecule has 3 N–H and O–H groups in total. The van der Waals surface area contributed by atoms with E-state index in [9.17, 15) is 4.79 Å². The summed E-state index contributed by atoms with van der Waals surface area (Å²) in [5, 5.41) is 3.58. The molecule has 1 amide bonds. The van der Waals surface area contributed by atoms with Crippen LogP contribution in [0, 0.1) is 0 Å². The highest BCUT2D eigenvalue weighted by molar-refractivity contribution is 6.30. The maximum atomic E-state index is 11.9. The molecular weight excluding hydrogens is 284 g/mol. The summed E-state index contributed by atoms with van der Waals surface area (Å²) in [7, 11) is 0. The molecule has 2 aromatic rings. The second-order valence-electron chi connectivity index (χ2n) is 4.79.